The third-order valence-corrected chi connectivity index (χ3v) is 2.91. The van der Waals surface area contributed by atoms with Crippen molar-refractivity contribution in [2.75, 3.05) is 13.1 Å². The summed E-state index contributed by atoms with van der Waals surface area (Å²) in [7, 11) is 0. The van der Waals surface area contributed by atoms with Gasteiger partial charge in [-0.15, -0.1) is 0 Å². The number of nitrogens with zero attached hydrogens (tertiary/aromatic N) is 1. The standard InChI is InChI=1S/C16H22N2O/c1-13(2)11-17-10-6-9-16-18-12-15(19-16)14-7-4-3-5-8-14/h3-5,7-8,12-13,17H,6,9-11H2,1-2H3. The first kappa shape index (κ1) is 13.8. The molecule has 2 rings (SSSR count). The van der Waals surface area contributed by atoms with Gasteiger partial charge in [0.2, 0.25) is 0 Å². The van der Waals surface area contributed by atoms with Crippen LogP contribution in [-0.2, 0) is 6.42 Å². The molecular formula is C16H22N2O. The lowest BCUT2D eigenvalue weighted by molar-refractivity contribution is 0.483. The van der Waals surface area contributed by atoms with E-state index in [1.807, 2.05) is 36.5 Å². The van der Waals surface area contributed by atoms with Crippen LogP contribution >= 0.6 is 0 Å². The van der Waals surface area contributed by atoms with Crippen molar-refractivity contribution >= 4 is 0 Å². The fourth-order valence-corrected chi connectivity index (χ4v) is 1.92. The number of hydrogen-bond acceptors (Lipinski definition) is 3. The molecule has 1 aromatic carbocycles. The SMILES string of the molecule is CC(C)CNCCCc1ncc(-c2ccccc2)o1. The molecule has 19 heavy (non-hydrogen) atoms. The second-order valence-electron chi connectivity index (χ2n) is 5.19. The van der Waals surface area contributed by atoms with Crippen LogP contribution in [0.5, 0.6) is 0 Å². The Morgan fingerprint density at radius 1 is 1.21 bits per heavy atom. The molecule has 2 aromatic rings. The van der Waals surface area contributed by atoms with Crippen molar-refractivity contribution in [1.29, 1.82) is 0 Å². The van der Waals surface area contributed by atoms with Crippen molar-refractivity contribution in [3.63, 3.8) is 0 Å². The topological polar surface area (TPSA) is 38.1 Å². The van der Waals surface area contributed by atoms with Gasteiger partial charge < -0.3 is 9.73 Å². The van der Waals surface area contributed by atoms with E-state index in [1.165, 1.54) is 0 Å². The van der Waals surface area contributed by atoms with Crippen LogP contribution in [0.3, 0.4) is 0 Å². The normalized spacial score (nSPS) is 11.1. The molecule has 0 fully saturated rings. The Labute approximate surface area is 115 Å². The van der Waals surface area contributed by atoms with Gasteiger partial charge >= 0.3 is 0 Å². The van der Waals surface area contributed by atoms with Gasteiger partial charge in [-0.2, -0.15) is 0 Å². The molecule has 0 aliphatic heterocycles. The van der Waals surface area contributed by atoms with E-state index in [0.29, 0.717) is 5.92 Å². The Kier molecular flexibility index (Phi) is 5.16. The third-order valence-electron chi connectivity index (χ3n) is 2.91. The molecule has 0 saturated carbocycles. The van der Waals surface area contributed by atoms with Gasteiger partial charge in [0.15, 0.2) is 11.7 Å². The number of oxazole rings is 1. The van der Waals surface area contributed by atoms with Crippen molar-refractivity contribution in [1.82, 2.24) is 10.3 Å². The van der Waals surface area contributed by atoms with Crippen molar-refractivity contribution in [3.8, 4) is 11.3 Å². The maximum absolute atomic E-state index is 5.76. The minimum atomic E-state index is 0.700. The molecule has 102 valence electrons. The van der Waals surface area contributed by atoms with Gasteiger partial charge in [-0.3, -0.25) is 0 Å². The number of aryl methyl sites for hydroxylation is 1. The first-order chi connectivity index (χ1) is 9.25. The highest BCUT2D eigenvalue weighted by Crippen LogP contribution is 2.20. The highest BCUT2D eigenvalue weighted by molar-refractivity contribution is 5.55. The van der Waals surface area contributed by atoms with Crippen LogP contribution in [0.15, 0.2) is 40.9 Å². The third kappa shape index (κ3) is 4.52. The molecule has 0 saturated heterocycles. The summed E-state index contributed by atoms with van der Waals surface area (Å²) in [4.78, 5) is 4.33. The summed E-state index contributed by atoms with van der Waals surface area (Å²) < 4.78 is 5.76. The lowest BCUT2D eigenvalue weighted by atomic mass is 10.2. The van der Waals surface area contributed by atoms with E-state index in [9.17, 15) is 0 Å². The smallest absolute Gasteiger partial charge is 0.194 e. The number of rotatable bonds is 7. The van der Waals surface area contributed by atoms with E-state index >= 15 is 0 Å². The zero-order chi connectivity index (χ0) is 13.5. The lowest BCUT2D eigenvalue weighted by Crippen LogP contribution is -2.21. The van der Waals surface area contributed by atoms with E-state index < -0.39 is 0 Å². The molecule has 0 unspecified atom stereocenters. The zero-order valence-corrected chi connectivity index (χ0v) is 11.7. The molecule has 0 bridgehead atoms. The molecule has 0 amide bonds. The van der Waals surface area contributed by atoms with Crippen LogP contribution < -0.4 is 5.32 Å². The fourth-order valence-electron chi connectivity index (χ4n) is 1.92. The van der Waals surface area contributed by atoms with Crippen LogP contribution in [0.2, 0.25) is 0 Å². The van der Waals surface area contributed by atoms with Crippen molar-refractivity contribution < 1.29 is 4.42 Å². The summed E-state index contributed by atoms with van der Waals surface area (Å²) >= 11 is 0. The largest absolute Gasteiger partial charge is 0.441 e. The number of hydrogen-bond donors (Lipinski definition) is 1. The monoisotopic (exact) mass is 258 g/mol. The molecule has 3 nitrogen and oxygen atoms in total. The van der Waals surface area contributed by atoms with E-state index in [1.54, 1.807) is 0 Å². The average molecular weight is 258 g/mol. The Bertz CT molecular complexity index is 477. The first-order valence-electron chi connectivity index (χ1n) is 6.96. The van der Waals surface area contributed by atoms with Gasteiger partial charge in [0, 0.05) is 12.0 Å². The summed E-state index contributed by atoms with van der Waals surface area (Å²) in [5, 5.41) is 3.42. The van der Waals surface area contributed by atoms with Gasteiger partial charge in [0.25, 0.3) is 0 Å². The van der Waals surface area contributed by atoms with Gasteiger partial charge in [-0.05, 0) is 25.4 Å². The molecule has 0 spiro atoms. The second-order valence-corrected chi connectivity index (χ2v) is 5.19. The quantitative estimate of drug-likeness (QED) is 0.772. The molecule has 1 N–H and O–H groups in total. The van der Waals surface area contributed by atoms with E-state index in [-0.39, 0.29) is 0 Å². The average Bonchev–Trinajstić information content (AvgIpc) is 2.88. The molecule has 1 heterocycles. The molecule has 0 aliphatic carbocycles. The van der Waals surface area contributed by atoms with Crippen LogP contribution in [0.1, 0.15) is 26.2 Å². The van der Waals surface area contributed by atoms with E-state index in [2.05, 4.69) is 24.1 Å². The minimum absolute atomic E-state index is 0.700. The number of aromatic nitrogens is 1. The Hall–Kier alpha value is -1.61. The highest BCUT2D eigenvalue weighted by Gasteiger charge is 2.05. The maximum Gasteiger partial charge on any atom is 0.194 e. The molecule has 3 heteroatoms. The summed E-state index contributed by atoms with van der Waals surface area (Å²) in [5.41, 5.74) is 1.08. The second kappa shape index (κ2) is 7.10. The Morgan fingerprint density at radius 3 is 2.74 bits per heavy atom. The predicted molar refractivity (Wildman–Crippen MR) is 78.0 cm³/mol. The Morgan fingerprint density at radius 2 is 2.00 bits per heavy atom. The molecule has 0 aliphatic rings. The van der Waals surface area contributed by atoms with E-state index in [4.69, 9.17) is 4.42 Å². The fraction of sp³-hybridized carbons (Fsp3) is 0.438. The van der Waals surface area contributed by atoms with Gasteiger partial charge in [-0.25, -0.2) is 4.98 Å². The predicted octanol–water partition coefficient (Wildman–Crippen LogP) is 3.52. The van der Waals surface area contributed by atoms with Crippen LogP contribution in [-0.4, -0.2) is 18.1 Å². The minimum Gasteiger partial charge on any atom is -0.441 e. The van der Waals surface area contributed by atoms with Crippen molar-refractivity contribution in [2.45, 2.75) is 26.7 Å². The Balaban J connectivity index is 1.78. The highest BCUT2D eigenvalue weighted by atomic mass is 16.4. The summed E-state index contributed by atoms with van der Waals surface area (Å²) in [6.45, 7) is 6.52. The van der Waals surface area contributed by atoms with Crippen molar-refractivity contribution in [2.24, 2.45) is 5.92 Å². The molecule has 0 radical (unpaired) electrons. The van der Waals surface area contributed by atoms with Crippen molar-refractivity contribution in [3.05, 3.63) is 42.4 Å². The maximum atomic E-state index is 5.76. The first-order valence-corrected chi connectivity index (χ1v) is 6.96. The van der Waals surface area contributed by atoms with Gasteiger partial charge in [-0.1, -0.05) is 44.2 Å². The number of benzene rings is 1. The van der Waals surface area contributed by atoms with E-state index in [0.717, 1.165) is 43.1 Å². The van der Waals surface area contributed by atoms with Crippen LogP contribution in [0.25, 0.3) is 11.3 Å². The van der Waals surface area contributed by atoms with Crippen LogP contribution in [0.4, 0.5) is 0 Å². The lowest BCUT2D eigenvalue weighted by Gasteiger charge is -2.05. The number of nitrogens with one attached hydrogen (secondary N) is 1. The van der Waals surface area contributed by atoms with Gasteiger partial charge in [0.1, 0.15) is 0 Å². The molecule has 0 atom stereocenters. The summed E-state index contributed by atoms with van der Waals surface area (Å²) in [5.74, 6) is 2.38. The summed E-state index contributed by atoms with van der Waals surface area (Å²) in [6, 6.07) is 10.1. The zero-order valence-electron chi connectivity index (χ0n) is 11.7. The summed E-state index contributed by atoms with van der Waals surface area (Å²) in [6.07, 6.45) is 3.76. The van der Waals surface area contributed by atoms with Gasteiger partial charge in [0.05, 0.1) is 6.20 Å². The van der Waals surface area contributed by atoms with Crippen LogP contribution in [0, 0.1) is 5.92 Å². The molecular weight excluding hydrogens is 236 g/mol. The molecule has 1 aromatic heterocycles.